The van der Waals surface area contributed by atoms with Crippen molar-refractivity contribution in [2.24, 2.45) is 0 Å². The molecule has 0 spiro atoms. The van der Waals surface area contributed by atoms with Crippen molar-refractivity contribution in [1.82, 2.24) is 9.97 Å². The number of hydrogen-bond donors (Lipinski definition) is 1. The number of anilines is 1. The zero-order valence-corrected chi connectivity index (χ0v) is 11.3. The van der Waals surface area contributed by atoms with Crippen LogP contribution in [0, 0.1) is 13.8 Å². The zero-order valence-electron chi connectivity index (χ0n) is 10.4. The third kappa shape index (κ3) is 2.82. The van der Waals surface area contributed by atoms with Crippen molar-refractivity contribution in [3.63, 3.8) is 0 Å². The number of thiophene rings is 1. The number of nitrogens with zero attached hydrogens (tertiary/aromatic N) is 2. The molecule has 0 fully saturated rings. The first-order valence-electron chi connectivity index (χ1n) is 5.85. The van der Waals surface area contributed by atoms with Crippen LogP contribution in [0.2, 0.25) is 0 Å². The molecular formula is C13H17N3S. The van der Waals surface area contributed by atoms with E-state index in [-0.39, 0.29) is 0 Å². The fourth-order valence-corrected chi connectivity index (χ4v) is 2.50. The Balaban J connectivity index is 2.32. The van der Waals surface area contributed by atoms with Crippen LogP contribution in [0.4, 0.5) is 5.95 Å². The fraction of sp³-hybridized carbons (Fsp3) is 0.385. The summed E-state index contributed by atoms with van der Waals surface area (Å²) in [6.07, 6.45) is 2.96. The predicted octanol–water partition coefficient (Wildman–Crippen LogP) is 3.64. The predicted molar refractivity (Wildman–Crippen MR) is 73.6 cm³/mol. The Labute approximate surface area is 106 Å². The van der Waals surface area contributed by atoms with Crippen molar-refractivity contribution < 1.29 is 0 Å². The first-order valence-corrected chi connectivity index (χ1v) is 6.66. The van der Waals surface area contributed by atoms with Crippen LogP contribution in [0.3, 0.4) is 0 Å². The highest BCUT2D eigenvalue weighted by molar-refractivity contribution is 7.15. The quantitative estimate of drug-likeness (QED) is 0.896. The van der Waals surface area contributed by atoms with Crippen molar-refractivity contribution >= 4 is 17.3 Å². The van der Waals surface area contributed by atoms with E-state index in [0.29, 0.717) is 0 Å². The molecule has 3 nitrogen and oxygen atoms in total. The van der Waals surface area contributed by atoms with Crippen molar-refractivity contribution in [3.8, 4) is 10.6 Å². The van der Waals surface area contributed by atoms with Crippen molar-refractivity contribution in [2.45, 2.75) is 27.2 Å². The average Bonchev–Trinajstić information content (AvgIpc) is 2.75. The minimum absolute atomic E-state index is 0.721. The Morgan fingerprint density at radius 1 is 1.29 bits per heavy atom. The molecule has 0 aromatic carbocycles. The van der Waals surface area contributed by atoms with Crippen LogP contribution < -0.4 is 5.32 Å². The Bertz CT molecular complexity index is 505. The normalized spacial score (nSPS) is 10.5. The number of rotatable bonds is 4. The van der Waals surface area contributed by atoms with Crippen molar-refractivity contribution in [1.29, 1.82) is 0 Å². The molecule has 1 N–H and O–H groups in total. The molecule has 0 unspecified atom stereocenters. The first kappa shape index (κ1) is 12.0. The zero-order chi connectivity index (χ0) is 12.3. The second-order valence-electron chi connectivity index (χ2n) is 4.06. The van der Waals surface area contributed by atoms with Gasteiger partial charge < -0.3 is 5.32 Å². The number of aryl methyl sites for hydroxylation is 2. The maximum atomic E-state index is 4.58. The molecule has 90 valence electrons. The maximum Gasteiger partial charge on any atom is 0.223 e. The minimum atomic E-state index is 0.721. The molecule has 4 heteroatoms. The highest BCUT2D eigenvalue weighted by Gasteiger charge is 2.08. The van der Waals surface area contributed by atoms with E-state index in [4.69, 9.17) is 0 Å². The standard InChI is InChI=1S/C13H17N3S/c1-4-7-14-13-15-8-9(2)12(16-13)11-6-5-10(3)17-11/h5-6,8H,4,7H2,1-3H3,(H,14,15,16). The van der Waals surface area contributed by atoms with Gasteiger partial charge in [-0.05, 0) is 38.0 Å². The van der Waals surface area contributed by atoms with Crippen LogP contribution in [0.1, 0.15) is 23.8 Å². The fourth-order valence-electron chi connectivity index (χ4n) is 1.58. The third-order valence-corrected chi connectivity index (χ3v) is 3.49. The second kappa shape index (κ2) is 5.27. The molecule has 0 radical (unpaired) electrons. The molecule has 0 aliphatic carbocycles. The molecule has 0 aliphatic heterocycles. The van der Waals surface area contributed by atoms with Crippen LogP contribution in [0.15, 0.2) is 18.3 Å². The molecule has 2 rings (SSSR count). The highest BCUT2D eigenvalue weighted by atomic mass is 32.1. The van der Waals surface area contributed by atoms with E-state index in [1.807, 2.05) is 13.1 Å². The van der Waals surface area contributed by atoms with Gasteiger partial charge in [0.25, 0.3) is 0 Å². The summed E-state index contributed by atoms with van der Waals surface area (Å²) in [5, 5.41) is 3.22. The lowest BCUT2D eigenvalue weighted by atomic mass is 10.2. The SMILES string of the molecule is CCCNc1ncc(C)c(-c2ccc(C)s2)n1. The lowest BCUT2D eigenvalue weighted by Gasteiger charge is -2.06. The van der Waals surface area contributed by atoms with Gasteiger partial charge in [0.15, 0.2) is 0 Å². The maximum absolute atomic E-state index is 4.58. The molecule has 0 aliphatic rings. The van der Waals surface area contributed by atoms with E-state index >= 15 is 0 Å². The smallest absolute Gasteiger partial charge is 0.223 e. The second-order valence-corrected chi connectivity index (χ2v) is 5.35. The molecule has 0 saturated carbocycles. The third-order valence-electron chi connectivity index (χ3n) is 2.48. The van der Waals surface area contributed by atoms with E-state index in [2.05, 4.69) is 41.3 Å². The first-order chi connectivity index (χ1) is 8.20. The molecule has 0 amide bonds. The summed E-state index contributed by atoms with van der Waals surface area (Å²) in [6, 6.07) is 4.25. The molecule has 0 saturated heterocycles. The van der Waals surface area contributed by atoms with E-state index in [0.717, 1.165) is 30.2 Å². The largest absolute Gasteiger partial charge is 0.354 e. The van der Waals surface area contributed by atoms with Crippen LogP contribution in [-0.4, -0.2) is 16.5 Å². The van der Waals surface area contributed by atoms with Crippen LogP contribution in [0.5, 0.6) is 0 Å². The van der Waals surface area contributed by atoms with Gasteiger partial charge >= 0.3 is 0 Å². The van der Waals surface area contributed by atoms with Gasteiger partial charge in [-0.2, -0.15) is 0 Å². The Kier molecular flexibility index (Phi) is 3.74. The monoisotopic (exact) mass is 247 g/mol. The van der Waals surface area contributed by atoms with E-state index < -0.39 is 0 Å². The Morgan fingerprint density at radius 2 is 2.12 bits per heavy atom. The molecular weight excluding hydrogens is 230 g/mol. The number of aromatic nitrogens is 2. The molecule has 17 heavy (non-hydrogen) atoms. The topological polar surface area (TPSA) is 37.8 Å². The van der Waals surface area contributed by atoms with Gasteiger partial charge in [-0.3, -0.25) is 0 Å². The molecule has 0 bridgehead atoms. The molecule has 0 atom stereocenters. The summed E-state index contributed by atoms with van der Waals surface area (Å²) in [5.41, 5.74) is 2.16. The molecule has 2 aromatic heterocycles. The minimum Gasteiger partial charge on any atom is -0.354 e. The summed E-state index contributed by atoms with van der Waals surface area (Å²) in [6.45, 7) is 7.20. The van der Waals surface area contributed by atoms with Crippen LogP contribution in [0.25, 0.3) is 10.6 Å². The van der Waals surface area contributed by atoms with Crippen LogP contribution >= 0.6 is 11.3 Å². The number of nitrogens with one attached hydrogen (secondary N) is 1. The van der Waals surface area contributed by atoms with E-state index in [9.17, 15) is 0 Å². The van der Waals surface area contributed by atoms with Gasteiger partial charge in [0.1, 0.15) is 0 Å². The number of hydrogen-bond acceptors (Lipinski definition) is 4. The average molecular weight is 247 g/mol. The molecule has 2 aromatic rings. The lowest BCUT2D eigenvalue weighted by molar-refractivity contribution is 0.951. The van der Waals surface area contributed by atoms with Crippen molar-refractivity contribution in [3.05, 3.63) is 28.8 Å². The summed E-state index contributed by atoms with van der Waals surface area (Å²) >= 11 is 1.77. The summed E-state index contributed by atoms with van der Waals surface area (Å²) in [7, 11) is 0. The molecule has 2 heterocycles. The van der Waals surface area contributed by atoms with Gasteiger partial charge in [0, 0.05) is 17.6 Å². The summed E-state index contributed by atoms with van der Waals surface area (Å²) < 4.78 is 0. The van der Waals surface area contributed by atoms with Gasteiger partial charge in [-0.1, -0.05) is 6.92 Å². The van der Waals surface area contributed by atoms with Gasteiger partial charge in [0.05, 0.1) is 10.6 Å². The van der Waals surface area contributed by atoms with Gasteiger partial charge in [-0.25, -0.2) is 9.97 Å². The van der Waals surface area contributed by atoms with Crippen LogP contribution in [-0.2, 0) is 0 Å². The van der Waals surface area contributed by atoms with E-state index in [1.165, 1.54) is 9.75 Å². The summed E-state index contributed by atoms with van der Waals surface area (Å²) in [5.74, 6) is 0.721. The van der Waals surface area contributed by atoms with Crippen molar-refractivity contribution in [2.75, 3.05) is 11.9 Å². The lowest BCUT2D eigenvalue weighted by Crippen LogP contribution is -2.05. The van der Waals surface area contributed by atoms with E-state index in [1.54, 1.807) is 11.3 Å². The Morgan fingerprint density at radius 3 is 2.76 bits per heavy atom. The van der Waals surface area contributed by atoms with Gasteiger partial charge in [-0.15, -0.1) is 11.3 Å². The van der Waals surface area contributed by atoms with Gasteiger partial charge in [0.2, 0.25) is 5.95 Å². The Hall–Kier alpha value is -1.42. The summed E-state index contributed by atoms with van der Waals surface area (Å²) in [4.78, 5) is 11.4. The highest BCUT2D eigenvalue weighted by Crippen LogP contribution is 2.28.